The van der Waals surface area contributed by atoms with Crippen LogP contribution in [0.2, 0.25) is 0 Å². The number of nitrogen functional groups attached to an aromatic ring is 1. The van der Waals surface area contributed by atoms with E-state index < -0.39 is 38.0 Å². The summed E-state index contributed by atoms with van der Waals surface area (Å²) in [6.45, 7) is 1.71. The number of hydrogen-bond donors (Lipinski definition) is 4. The lowest BCUT2D eigenvalue weighted by atomic mass is 10.1. The number of fused-ring (bicyclic) bond motifs is 2. The van der Waals surface area contributed by atoms with Crippen LogP contribution in [0.3, 0.4) is 0 Å². The van der Waals surface area contributed by atoms with Crippen LogP contribution in [0.1, 0.15) is 45.1 Å². The lowest BCUT2D eigenvalue weighted by molar-refractivity contribution is -0.0450. The van der Waals surface area contributed by atoms with Crippen LogP contribution in [0.5, 0.6) is 0 Å². The molecule has 0 radical (unpaired) electrons. The van der Waals surface area contributed by atoms with E-state index in [-0.39, 0.29) is 40.9 Å². The van der Waals surface area contributed by atoms with E-state index in [1.54, 1.807) is 4.57 Å². The van der Waals surface area contributed by atoms with E-state index in [1.807, 2.05) is 6.92 Å². The summed E-state index contributed by atoms with van der Waals surface area (Å²) in [5.74, 6) is -0.103. The molecule has 6 heterocycles. The smallest absolute Gasteiger partial charge is 0.369 e. The van der Waals surface area contributed by atoms with Crippen LogP contribution in [0.25, 0.3) is 22.3 Å². The Morgan fingerprint density at radius 3 is 2.67 bits per heavy atom. The molecule has 2 unspecified atom stereocenters. The normalized spacial score (nSPS) is 27.0. The zero-order valence-electron chi connectivity index (χ0n) is 20.7. The Morgan fingerprint density at radius 2 is 1.87 bits per heavy atom. The molecule has 2 fully saturated rings. The van der Waals surface area contributed by atoms with E-state index in [9.17, 15) is 19.0 Å². The van der Waals surface area contributed by atoms with Crippen molar-refractivity contribution in [3.05, 3.63) is 39.7 Å². The van der Waals surface area contributed by atoms with Gasteiger partial charge in [-0.15, -0.1) is 0 Å². The van der Waals surface area contributed by atoms with Crippen molar-refractivity contribution in [2.75, 3.05) is 12.3 Å². The van der Waals surface area contributed by atoms with Crippen molar-refractivity contribution in [2.24, 2.45) is 0 Å². The SMILES string of the molecule is CCC1C[C@@H](OP(=O)(O)OC[C@@H]2CC[C@H](n3cnc4c(=O)[nH]cnc43)O2)[C@H](n2cnc3c(=O)[nH]c(N)nc32)O1. The van der Waals surface area contributed by atoms with Gasteiger partial charge in [-0.1, -0.05) is 6.92 Å². The van der Waals surface area contributed by atoms with Crippen LogP contribution in [0.4, 0.5) is 5.95 Å². The van der Waals surface area contributed by atoms with E-state index in [4.69, 9.17) is 24.3 Å². The molecule has 6 atom stereocenters. The van der Waals surface area contributed by atoms with Crippen molar-refractivity contribution >= 4 is 36.1 Å². The van der Waals surface area contributed by atoms with Crippen LogP contribution in [0.15, 0.2) is 28.6 Å². The number of rotatable bonds is 8. The molecule has 39 heavy (non-hydrogen) atoms. The predicted molar refractivity (Wildman–Crippen MR) is 133 cm³/mol. The number of H-pyrrole nitrogens is 2. The molecule has 18 heteroatoms. The number of nitrogens with zero attached hydrogens (tertiary/aromatic N) is 6. The minimum Gasteiger partial charge on any atom is -0.369 e. The number of hydrogen-bond acceptors (Lipinski definition) is 12. The molecule has 5 N–H and O–H groups in total. The van der Waals surface area contributed by atoms with Gasteiger partial charge in [0.05, 0.1) is 37.8 Å². The van der Waals surface area contributed by atoms with Gasteiger partial charge in [-0.05, 0) is 19.3 Å². The number of nitrogens with two attached hydrogens (primary N) is 1. The molecule has 17 nitrogen and oxygen atoms in total. The van der Waals surface area contributed by atoms with Gasteiger partial charge in [-0.25, -0.2) is 19.5 Å². The first-order valence-corrected chi connectivity index (χ1v) is 13.8. The molecule has 6 rings (SSSR count). The second kappa shape index (κ2) is 9.93. The number of aromatic nitrogens is 8. The minimum atomic E-state index is -4.56. The number of anilines is 1. The third-order valence-corrected chi connectivity index (χ3v) is 7.79. The molecular formula is C21H26N9O8P. The van der Waals surface area contributed by atoms with Crippen molar-refractivity contribution in [1.82, 2.24) is 39.0 Å². The summed E-state index contributed by atoms with van der Waals surface area (Å²) in [4.78, 5) is 56.0. The lowest BCUT2D eigenvalue weighted by Crippen LogP contribution is -2.24. The first-order chi connectivity index (χ1) is 18.7. The van der Waals surface area contributed by atoms with Gasteiger partial charge < -0.3 is 25.1 Å². The Morgan fingerprint density at radius 1 is 1.10 bits per heavy atom. The fourth-order valence-corrected chi connectivity index (χ4v) is 5.86. The minimum absolute atomic E-state index is 0.0494. The third-order valence-electron chi connectivity index (χ3n) is 6.78. The monoisotopic (exact) mass is 563 g/mol. The van der Waals surface area contributed by atoms with Crippen molar-refractivity contribution < 1.29 is 28.0 Å². The number of nitrogens with one attached hydrogen (secondary N) is 2. The Bertz CT molecular complexity index is 1680. The molecule has 0 saturated carbocycles. The van der Waals surface area contributed by atoms with Gasteiger partial charge in [0.1, 0.15) is 12.3 Å². The van der Waals surface area contributed by atoms with Crippen LogP contribution < -0.4 is 16.9 Å². The average molecular weight is 563 g/mol. The van der Waals surface area contributed by atoms with Crippen molar-refractivity contribution in [3.63, 3.8) is 0 Å². The fourth-order valence-electron chi connectivity index (χ4n) is 4.91. The molecule has 4 aromatic heterocycles. The third kappa shape index (κ3) is 4.88. The van der Waals surface area contributed by atoms with Crippen LogP contribution in [0, 0.1) is 0 Å². The predicted octanol–water partition coefficient (Wildman–Crippen LogP) is 0.712. The molecule has 2 aliphatic rings. The molecule has 4 aromatic rings. The standard InChI is InChI=1S/C21H26N9O8P/c1-2-10-5-12(20(37-10)30-9-26-15-17(30)27-21(22)28-19(15)32)38-39(33,34)35-6-11-3-4-13(36-11)29-8-25-14-16(29)23-7-24-18(14)31/h7-13,20H,2-6H2,1H3,(H,33,34)(H,23,24,31)(H3,22,27,28,32)/t10?,11-,12+,13+,20+/m0/s1. The Balaban J connectivity index is 1.13. The number of ether oxygens (including phenoxy) is 2. The topological polar surface area (TPSA) is 227 Å². The molecule has 208 valence electrons. The van der Waals surface area contributed by atoms with Crippen LogP contribution in [-0.2, 0) is 23.1 Å². The maximum atomic E-state index is 13.0. The molecule has 0 aliphatic carbocycles. The molecule has 2 aliphatic heterocycles. The zero-order chi connectivity index (χ0) is 27.3. The van der Waals surface area contributed by atoms with Gasteiger partial charge in [0, 0.05) is 6.42 Å². The van der Waals surface area contributed by atoms with E-state index in [1.165, 1.54) is 23.5 Å². The highest BCUT2D eigenvalue weighted by atomic mass is 31.2. The maximum Gasteiger partial charge on any atom is 0.472 e. The van der Waals surface area contributed by atoms with Crippen molar-refractivity contribution in [2.45, 2.75) is 63.4 Å². The van der Waals surface area contributed by atoms with Gasteiger partial charge >= 0.3 is 7.82 Å². The summed E-state index contributed by atoms with van der Waals surface area (Å²) >= 11 is 0. The number of imidazole rings is 2. The number of phosphoric acid groups is 1. The van der Waals surface area contributed by atoms with Crippen LogP contribution in [-0.4, -0.2) is 68.9 Å². The quantitative estimate of drug-likeness (QED) is 0.217. The molecular weight excluding hydrogens is 537 g/mol. The largest absolute Gasteiger partial charge is 0.472 e. The number of aromatic amines is 2. The molecule has 0 bridgehead atoms. The highest BCUT2D eigenvalue weighted by Gasteiger charge is 2.42. The molecule has 0 amide bonds. The second-order valence-corrected chi connectivity index (χ2v) is 10.7. The molecule has 2 saturated heterocycles. The van der Waals surface area contributed by atoms with E-state index in [0.717, 1.165) is 0 Å². The van der Waals surface area contributed by atoms with Crippen LogP contribution >= 0.6 is 7.82 Å². The fraction of sp³-hybridized carbons (Fsp3) is 0.524. The summed E-state index contributed by atoms with van der Waals surface area (Å²) in [6, 6.07) is 0. The summed E-state index contributed by atoms with van der Waals surface area (Å²) < 4.78 is 38.9. The van der Waals surface area contributed by atoms with Crippen molar-refractivity contribution in [1.29, 1.82) is 0 Å². The summed E-state index contributed by atoms with van der Waals surface area (Å²) in [5, 5.41) is 0. The summed E-state index contributed by atoms with van der Waals surface area (Å²) in [6.07, 6.45) is 3.09. The van der Waals surface area contributed by atoms with Gasteiger partial charge in [0.25, 0.3) is 11.1 Å². The highest BCUT2D eigenvalue weighted by molar-refractivity contribution is 7.47. The average Bonchev–Trinajstić information content (AvgIpc) is 3.68. The molecule has 0 aromatic carbocycles. The lowest BCUT2D eigenvalue weighted by Gasteiger charge is -2.23. The molecule has 0 spiro atoms. The summed E-state index contributed by atoms with van der Waals surface area (Å²) in [7, 11) is -4.56. The zero-order valence-corrected chi connectivity index (χ0v) is 21.6. The Kier molecular flexibility index (Phi) is 6.57. The van der Waals surface area contributed by atoms with Gasteiger partial charge in [-0.2, -0.15) is 4.98 Å². The van der Waals surface area contributed by atoms with Gasteiger partial charge in [0.2, 0.25) is 5.95 Å². The van der Waals surface area contributed by atoms with E-state index in [0.29, 0.717) is 31.3 Å². The second-order valence-electron chi connectivity index (χ2n) is 9.32. The van der Waals surface area contributed by atoms with Gasteiger partial charge in [-0.3, -0.25) is 32.8 Å². The Labute approximate surface area is 218 Å². The first-order valence-electron chi connectivity index (χ1n) is 12.3. The van der Waals surface area contributed by atoms with Gasteiger partial charge in [0.15, 0.2) is 28.6 Å². The van der Waals surface area contributed by atoms with Crippen molar-refractivity contribution in [3.8, 4) is 0 Å². The number of phosphoric ester groups is 1. The first kappa shape index (κ1) is 25.8. The maximum absolute atomic E-state index is 13.0. The highest BCUT2D eigenvalue weighted by Crippen LogP contribution is 2.50. The van der Waals surface area contributed by atoms with E-state index in [2.05, 4.69) is 29.9 Å². The van der Waals surface area contributed by atoms with E-state index >= 15 is 0 Å². The summed E-state index contributed by atoms with van der Waals surface area (Å²) in [5.41, 5.74) is 5.61. The Hall–Kier alpha value is -3.47.